The summed E-state index contributed by atoms with van der Waals surface area (Å²) in [6, 6.07) is 3.54. The molecule has 1 aliphatic rings. The van der Waals surface area contributed by atoms with E-state index >= 15 is 0 Å². The normalized spacial score (nSPS) is 17.8. The highest BCUT2D eigenvalue weighted by Gasteiger charge is 2.33. The third kappa shape index (κ3) is 3.64. The fraction of sp³-hybridized carbons (Fsp3) is 0.643. The standard InChI is InChI=1S/C14H21NO4S2/c1-3-12-5-6-13(20-12)21(17,18)15-9-7-11(8-10-15)14(16)19-4-2/h5-6,11H,3-4,7-10H2,1-2H3. The average molecular weight is 331 g/mol. The van der Waals surface area contributed by atoms with Crippen LogP contribution in [-0.4, -0.2) is 38.4 Å². The van der Waals surface area contributed by atoms with Crippen molar-refractivity contribution in [3.05, 3.63) is 17.0 Å². The van der Waals surface area contributed by atoms with Crippen LogP contribution in [0.5, 0.6) is 0 Å². The van der Waals surface area contributed by atoms with E-state index in [0.29, 0.717) is 36.7 Å². The predicted octanol–water partition coefficient (Wildman–Crippen LogP) is 2.27. The predicted molar refractivity (Wildman–Crippen MR) is 81.8 cm³/mol. The Morgan fingerprint density at radius 3 is 2.52 bits per heavy atom. The van der Waals surface area contributed by atoms with Crippen LogP contribution in [0.1, 0.15) is 31.6 Å². The van der Waals surface area contributed by atoms with Crippen LogP contribution in [0.15, 0.2) is 16.3 Å². The maximum atomic E-state index is 12.5. The van der Waals surface area contributed by atoms with Crippen molar-refractivity contribution in [3.8, 4) is 0 Å². The number of piperidine rings is 1. The maximum Gasteiger partial charge on any atom is 0.309 e. The number of hydrogen-bond donors (Lipinski definition) is 0. The second-order valence-electron chi connectivity index (χ2n) is 5.00. The maximum absolute atomic E-state index is 12.5. The summed E-state index contributed by atoms with van der Waals surface area (Å²) >= 11 is 1.33. The molecule has 5 nitrogen and oxygen atoms in total. The quantitative estimate of drug-likeness (QED) is 0.777. The number of aryl methyl sites for hydroxylation is 1. The molecule has 1 aromatic rings. The molecule has 0 amide bonds. The van der Waals surface area contributed by atoms with Gasteiger partial charge in [0.1, 0.15) is 4.21 Å². The first kappa shape index (κ1) is 16.5. The third-order valence-corrected chi connectivity index (χ3v) is 7.25. The largest absolute Gasteiger partial charge is 0.466 e. The highest BCUT2D eigenvalue weighted by Crippen LogP contribution is 2.29. The van der Waals surface area contributed by atoms with Gasteiger partial charge in [-0.2, -0.15) is 4.31 Å². The summed E-state index contributed by atoms with van der Waals surface area (Å²) in [4.78, 5) is 12.7. The van der Waals surface area contributed by atoms with E-state index in [1.807, 2.05) is 13.0 Å². The molecule has 1 aliphatic heterocycles. The lowest BCUT2D eigenvalue weighted by Crippen LogP contribution is -2.40. The molecule has 7 heteroatoms. The van der Waals surface area contributed by atoms with Gasteiger partial charge in [0.25, 0.3) is 10.0 Å². The summed E-state index contributed by atoms with van der Waals surface area (Å²) in [5.74, 6) is -0.384. The van der Waals surface area contributed by atoms with Crippen molar-refractivity contribution < 1.29 is 17.9 Å². The molecule has 2 rings (SSSR count). The van der Waals surface area contributed by atoms with Crippen LogP contribution >= 0.6 is 11.3 Å². The van der Waals surface area contributed by atoms with Crippen LogP contribution in [0.4, 0.5) is 0 Å². The van der Waals surface area contributed by atoms with Crippen LogP contribution in [0.3, 0.4) is 0 Å². The number of nitrogens with zero attached hydrogens (tertiary/aromatic N) is 1. The van der Waals surface area contributed by atoms with Crippen molar-refractivity contribution >= 4 is 27.3 Å². The first-order valence-corrected chi connectivity index (χ1v) is 9.50. The Balaban J connectivity index is 2.02. The zero-order chi connectivity index (χ0) is 15.5. The Hall–Kier alpha value is -0.920. The SMILES string of the molecule is CCOC(=O)C1CCN(S(=O)(=O)c2ccc(CC)s2)CC1. The van der Waals surface area contributed by atoms with Gasteiger partial charge >= 0.3 is 5.97 Å². The molecule has 1 saturated heterocycles. The Kier molecular flexibility index (Phi) is 5.40. The molecule has 118 valence electrons. The Morgan fingerprint density at radius 2 is 2.00 bits per heavy atom. The van der Waals surface area contributed by atoms with Gasteiger partial charge in [-0.3, -0.25) is 4.79 Å². The first-order chi connectivity index (χ1) is 9.98. The molecule has 0 aromatic carbocycles. The molecule has 1 fully saturated rings. The minimum absolute atomic E-state index is 0.175. The van der Waals surface area contributed by atoms with Crippen molar-refractivity contribution in [2.45, 2.75) is 37.3 Å². The van der Waals surface area contributed by atoms with Gasteiger partial charge in [-0.1, -0.05) is 6.92 Å². The van der Waals surface area contributed by atoms with E-state index in [4.69, 9.17) is 4.74 Å². The lowest BCUT2D eigenvalue weighted by molar-refractivity contribution is -0.149. The van der Waals surface area contributed by atoms with E-state index in [1.54, 1.807) is 13.0 Å². The summed E-state index contributed by atoms with van der Waals surface area (Å²) in [6.45, 7) is 4.91. The van der Waals surface area contributed by atoms with E-state index in [1.165, 1.54) is 15.6 Å². The molecule has 0 radical (unpaired) electrons. The van der Waals surface area contributed by atoms with Gasteiger partial charge in [-0.15, -0.1) is 11.3 Å². The van der Waals surface area contributed by atoms with E-state index < -0.39 is 10.0 Å². The van der Waals surface area contributed by atoms with E-state index in [2.05, 4.69) is 0 Å². The summed E-state index contributed by atoms with van der Waals surface area (Å²) in [6.07, 6.45) is 1.90. The Labute approximate surface area is 130 Å². The molecule has 2 heterocycles. The molecule has 0 bridgehead atoms. The van der Waals surface area contributed by atoms with Crippen molar-refractivity contribution in [3.63, 3.8) is 0 Å². The Bertz CT molecular complexity index is 586. The zero-order valence-electron chi connectivity index (χ0n) is 12.4. The molecule has 0 saturated carbocycles. The van der Waals surface area contributed by atoms with Crippen LogP contribution in [0, 0.1) is 5.92 Å². The molecule has 0 atom stereocenters. The molecular formula is C14H21NO4S2. The van der Waals surface area contributed by atoms with E-state index in [-0.39, 0.29) is 11.9 Å². The van der Waals surface area contributed by atoms with Crippen LogP contribution in [0.25, 0.3) is 0 Å². The molecule has 1 aromatic heterocycles. The van der Waals surface area contributed by atoms with Crippen molar-refractivity contribution in [2.24, 2.45) is 5.92 Å². The molecule has 0 unspecified atom stereocenters. The smallest absolute Gasteiger partial charge is 0.309 e. The highest BCUT2D eigenvalue weighted by molar-refractivity contribution is 7.91. The summed E-state index contributed by atoms with van der Waals surface area (Å²) in [5, 5.41) is 0. The second kappa shape index (κ2) is 6.89. The minimum Gasteiger partial charge on any atom is -0.466 e. The monoisotopic (exact) mass is 331 g/mol. The minimum atomic E-state index is -3.41. The number of esters is 1. The first-order valence-electron chi connectivity index (χ1n) is 7.24. The fourth-order valence-corrected chi connectivity index (χ4v) is 5.33. The van der Waals surface area contributed by atoms with Crippen LogP contribution in [0.2, 0.25) is 0 Å². The average Bonchev–Trinajstić information content (AvgIpc) is 2.97. The summed E-state index contributed by atoms with van der Waals surface area (Å²) in [5.41, 5.74) is 0. The van der Waals surface area contributed by atoms with Crippen LogP contribution < -0.4 is 0 Å². The molecular weight excluding hydrogens is 310 g/mol. The molecule has 0 N–H and O–H groups in total. The molecule has 0 aliphatic carbocycles. The number of carbonyl (C=O) groups excluding carboxylic acids is 1. The van der Waals surface area contributed by atoms with Gasteiger partial charge in [-0.05, 0) is 38.3 Å². The van der Waals surface area contributed by atoms with Crippen molar-refractivity contribution in [1.29, 1.82) is 0 Å². The van der Waals surface area contributed by atoms with E-state index in [9.17, 15) is 13.2 Å². The molecule has 21 heavy (non-hydrogen) atoms. The third-order valence-electron chi connectivity index (χ3n) is 3.65. The number of sulfonamides is 1. The van der Waals surface area contributed by atoms with E-state index in [0.717, 1.165) is 11.3 Å². The number of thiophene rings is 1. The fourth-order valence-electron chi connectivity index (χ4n) is 2.41. The number of hydrogen-bond acceptors (Lipinski definition) is 5. The number of ether oxygens (including phenoxy) is 1. The van der Waals surface area contributed by atoms with Gasteiger partial charge in [0.15, 0.2) is 0 Å². The zero-order valence-corrected chi connectivity index (χ0v) is 14.0. The number of rotatable bonds is 5. The van der Waals surface area contributed by atoms with Crippen molar-refractivity contribution in [1.82, 2.24) is 4.31 Å². The number of carbonyl (C=O) groups is 1. The lowest BCUT2D eigenvalue weighted by Gasteiger charge is -2.29. The summed E-state index contributed by atoms with van der Waals surface area (Å²) < 4.78 is 32.0. The van der Waals surface area contributed by atoms with Gasteiger partial charge in [0, 0.05) is 18.0 Å². The second-order valence-corrected chi connectivity index (χ2v) is 8.34. The van der Waals surface area contributed by atoms with Gasteiger partial charge in [0.05, 0.1) is 12.5 Å². The topological polar surface area (TPSA) is 63.7 Å². The van der Waals surface area contributed by atoms with Gasteiger partial charge in [0.2, 0.25) is 0 Å². The molecule has 0 spiro atoms. The van der Waals surface area contributed by atoms with Crippen molar-refractivity contribution in [2.75, 3.05) is 19.7 Å². The van der Waals surface area contributed by atoms with Gasteiger partial charge in [-0.25, -0.2) is 8.42 Å². The Morgan fingerprint density at radius 1 is 1.33 bits per heavy atom. The summed E-state index contributed by atoms with van der Waals surface area (Å²) in [7, 11) is -3.41. The van der Waals surface area contributed by atoms with Gasteiger partial charge < -0.3 is 4.74 Å². The van der Waals surface area contributed by atoms with Crippen LogP contribution in [-0.2, 0) is 26.0 Å². The lowest BCUT2D eigenvalue weighted by atomic mass is 9.98. The highest BCUT2D eigenvalue weighted by atomic mass is 32.2.